The molecular formula is C9H8N2O2. The number of nitrogens with one attached hydrogen (secondary N) is 1. The highest BCUT2D eigenvalue weighted by Gasteiger charge is 2.10. The van der Waals surface area contributed by atoms with Crippen LogP contribution in [0.15, 0.2) is 24.4 Å². The smallest absolute Gasteiger partial charge is 0.249 e. The third-order valence-corrected chi connectivity index (χ3v) is 1.96. The van der Waals surface area contributed by atoms with Crippen molar-refractivity contribution in [3.8, 4) is 5.88 Å². The molecule has 0 radical (unpaired) electrons. The predicted octanol–water partition coefficient (Wildman–Crippen LogP) is 0.972. The fourth-order valence-electron chi connectivity index (χ4n) is 1.38. The maximum atomic E-state index is 11.0. The molecule has 1 amide bonds. The van der Waals surface area contributed by atoms with Gasteiger partial charge in [-0.3, -0.25) is 4.79 Å². The van der Waals surface area contributed by atoms with Crippen molar-refractivity contribution >= 4 is 16.7 Å². The number of rotatable bonds is 1. The summed E-state index contributed by atoms with van der Waals surface area (Å²) in [6, 6.07) is 5.09. The first kappa shape index (κ1) is 7.67. The van der Waals surface area contributed by atoms with Crippen LogP contribution in [0.3, 0.4) is 0 Å². The largest absolute Gasteiger partial charge is 0.494 e. The van der Waals surface area contributed by atoms with Crippen LogP contribution in [0.1, 0.15) is 10.4 Å². The Kier molecular flexibility index (Phi) is 1.48. The Morgan fingerprint density at radius 3 is 2.92 bits per heavy atom. The van der Waals surface area contributed by atoms with Crippen molar-refractivity contribution in [1.82, 2.24) is 4.98 Å². The molecule has 0 unspecified atom stereocenters. The number of carbonyl (C=O) groups excluding carboxylic acids is 1. The molecule has 0 saturated heterocycles. The van der Waals surface area contributed by atoms with E-state index in [0.29, 0.717) is 10.9 Å². The zero-order valence-electron chi connectivity index (χ0n) is 6.74. The van der Waals surface area contributed by atoms with Gasteiger partial charge in [-0.1, -0.05) is 12.1 Å². The highest BCUT2D eigenvalue weighted by atomic mass is 16.3. The zero-order valence-corrected chi connectivity index (χ0v) is 6.74. The van der Waals surface area contributed by atoms with Crippen molar-refractivity contribution in [3.05, 3.63) is 30.0 Å². The van der Waals surface area contributed by atoms with Crippen molar-refractivity contribution in [3.63, 3.8) is 0 Å². The Balaban J connectivity index is 2.88. The van der Waals surface area contributed by atoms with Gasteiger partial charge in [-0.05, 0) is 6.07 Å². The summed E-state index contributed by atoms with van der Waals surface area (Å²) in [7, 11) is 0. The monoisotopic (exact) mass is 176 g/mol. The lowest BCUT2D eigenvalue weighted by atomic mass is 10.1. The number of fused-ring (bicyclic) bond motifs is 1. The van der Waals surface area contributed by atoms with Gasteiger partial charge in [0.25, 0.3) is 0 Å². The molecule has 0 aliphatic rings. The first-order valence-corrected chi connectivity index (χ1v) is 3.79. The van der Waals surface area contributed by atoms with E-state index in [2.05, 4.69) is 4.98 Å². The summed E-state index contributed by atoms with van der Waals surface area (Å²) in [6.07, 6.45) is 1.62. The number of nitrogens with two attached hydrogens (primary N) is 1. The lowest BCUT2D eigenvalue weighted by Crippen LogP contribution is -2.10. The van der Waals surface area contributed by atoms with Crippen LogP contribution in [-0.4, -0.2) is 16.0 Å². The lowest BCUT2D eigenvalue weighted by Gasteiger charge is -1.97. The van der Waals surface area contributed by atoms with Crippen molar-refractivity contribution in [2.24, 2.45) is 5.73 Å². The molecule has 0 bridgehead atoms. The molecule has 1 heterocycles. The SMILES string of the molecule is NC(=O)c1cccc2c[nH]c(O)c12. The molecule has 0 aliphatic carbocycles. The first-order valence-electron chi connectivity index (χ1n) is 3.79. The number of amides is 1. The molecule has 2 rings (SSSR count). The molecule has 0 atom stereocenters. The number of aromatic hydroxyl groups is 1. The van der Waals surface area contributed by atoms with E-state index in [1.165, 1.54) is 0 Å². The molecule has 1 aromatic carbocycles. The third kappa shape index (κ3) is 1.03. The predicted molar refractivity (Wildman–Crippen MR) is 48.5 cm³/mol. The number of hydrogen-bond acceptors (Lipinski definition) is 2. The van der Waals surface area contributed by atoms with Crippen LogP contribution in [0.5, 0.6) is 5.88 Å². The summed E-state index contributed by atoms with van der Waals surface area (Å²) in [5.41, 5.74) is 5.47. The molecule has 66 valence electrons. The van der Waals surface area contributed by atoms with Crippen LogP contribution in [0.2, 0.25) is 0 Å². The lowest BCUT2D eigenvalue weighted by molar-refractivity contribution is 0.100. The maximum absolute atomic E-state index is 11.0. The normalized spacial score (nSPS) is 10.5. The molecule has 0 aliphatic heterocycles. The summed E-state index contributed by atoms with van der Waals surface area (Å²) in [4.78, 5) is 13.6. The topological polar surface area (TPSA) is 79.1 Å². The maximum Gasteiger partial charge on any atom is 0.249 e. The quantitative estimate of drug-likeness (QED) is 0.605. The van der Waals surface area contributed by atoms with E-state index >= 15 is 0 Å². The summed E-state index contributed by atoms with van der Waals surface area (Å²) in [6.45, 7) is 0. The van der Waals surface area contributed by atoms with Crippen LogP contribution < -0.4 is 5.73 Å². The van der Waals surface area contributed by atoms with Crippen LogP contribution in [0.25, 0.3) is 10.8 Å². The molecule has 0 saturated carbocycles. The van der Waals surface area contributed by atoms with E-state index in [1.807, 2.05) is 0 Å². The van der Waals surface area contributed by atoms with Gasteiger partial charge in [0, 0.05) is 11.6 Å². The van der Waals surface area contributed by atoms with Crippen molar-refractivity contribution in [2.45, 2.75) is 0 Å². The number of carbonyl (C=O) groups is 1. The molecular weight excluding hydrogens is 168 g/mol. The molecule has 13 heavy (non-hydrogen) atoms. The number of H-pyrrole nitrogens is 1. The van der Waals surface area contributed by atoms with E-state index in [-0.39, 0.29) is 5.88 Å². The van der Waals surface area contributed by atoms with Gasteiger partial charge in [-0.15, -0.1) is 0 Å². The Morgan fingerprint density at radius 2 is 2.23 bits per heavy atom. The van der Waals surface area contributed by atoms with Crippen LogP contribution in [0.4, 0.5) is 0 Å². The number of hydrogen-bond donors (Lipinski definition) is 3. The van der Waals surface area contributed by atoms with Crippen molar-refractivity contribution < 1.29 is 9.90 Å². The van der Waals surface area contributed by atoms with E-state index in [0.717, 1.165) is 5.39 Å². The van der Waals surface area contributed by atoms with Crippen LogP contribution in [0, 0.1) is 0 Å². The highest BCUT2D eigenvalue weighted by Crippen LogP contribution is 2.26. The highest BCUT2D eigenvalue weighted by molar-refractivity contribution is 6.08. The summed E-state index contributed by atoms with van der Waals surface area (Å²) < 4.78 is 0. The van der Waals surface area contributed by atoms with Gasteiger partial charge in [0.15, 0.2) is 5.88 Å². The molecule has 2 aromatic rings. The zero-order chi connectivity index (χ0) is 9.42. The van der Waals surface area contributed by atoms with Gasteiger partial charge in [-0.25, -0.2) is 0 Å². The minimum absolute atomic E-state index is 0.0237. The Hall–Kier alpha value is -1.97. The Labute approximate surface area is 74.0 Å². The minimum atomic E-state index is -0.541. The van der Waals surface area contributed by atoms with Crippen LogP contribution in [-0.2, 0) is 0 Å². The average Bonchev–Trinajstić information content (AvgIpc) is 2.48. The van der Waals surface area contributed by atoms with Gasteiger partial charge < -0.3 is 15.8 Å². The fourth-order valence-corrected chi connectivity index (χ4v) is 1.38. The Bertz CT molecular complexity index is 473. The van der Waals surface area contributed by atoms with E-state index in [9.17, 15) is 9.90 Å². The fraction of sp³-hybridized carbons (Fsp3) is 0. The molecule has 4 nitrogen and oxygen atoms in total. The molecule has 1 aromatic heterocycles. The minimum Gasteiger partial charge on any atom is -0.494 e. The van der Waals surface area contributed by atoms with Gasteiger partial charge in [0.05, 0.1) is 10.9 Å². The molecule has 4 heteroatoms. The second-order valence-electron chi connectivity index (χ2n) is 2.77. The van der Waals surface area contributed by atoms with Gasteiger partial charge in [0.2, 0.25) is 5.91 Å². The summed E-state index contributed by atoms with van der Waals surface area (Å²) >= 11 is 0. The second-order valence-corrected chi connectivity index (χ2v) is 2.77. The first-order chi connectivity index (χ1) is 6.20. The van der Waals surface area contributed by atoms with Crippen molar-refractivity contribution in [1.29, 1.82) is 0 Å². The van der Waals surface area contributed by atoms with E-state index < -0.39 is 5.91 Å². The summed E-state index contributed by atoms with van der Waals surface area (Å²) in [5.74, 6) is -0.565. The number of aromatic nitrogens is 1. The van der Waals surface area contributed by atoms with E-state index in [1.54, 1.807) is 24.4 Å². The van der Waals surface area contributed by atoms with E-state index in [4.69, 9.17) is 5.73 Å². The number of aromatic amines is 1. The molecule has 0 fully saturated rings. The number of primary amides is 1. The van der Waals surface area contributed by atoms with Gasteiger partial charge in [-0.2, -0.15) is 0 Å². The second kappa shape index (κ2) is 2.52. The van der Waals surface area contributed by atoms with Gasteiger partial charge >= 0.3 is 0 Å². The van der Waals surface area contributed by atoms with Gasteiger partial charge in [0.1, 0.15) is 0 Å². The number of benzene rings is 1. The molecule has 4 N–H and O–H groups in total. The van der Waals surface area contributed by atoms with Crippen molar-refractivity contribution in [2.75, 3.05) is 0 Å². The standard InChI is InChI=1S/C9H8N2O2/c10-8(12)6-3-1-2-5-4-11-9(13)7(5)6/h1-4,11,13H,(H2,10,12). The molecule has 0 spiro atoms. The van der Waals surface area contributed by atoms with Crippen LogP contribution >= 0.6 is 0 Å². The third-order valence-electron chi connectivity index (χ3n) is 1.96. The summed E-state index contributed by atoms with van der Waals surface area (Å²) in [5, 5.41) is 10.6. The average molecular weight is 176 g/mol. The Morgan fingerprint density at radius 1 is 1.46 bits per heavy atom.